The first-order valence-corrected chi connectivity index (χ1v) is 14.6. The first-order chi connectivity index (χ1) is 15.9. The van der Waals surface area contributed by atoms with Crippen LogP contribution in [0, 0.1) is 0 Å². The number of Topliss-reactive ketones (excluding diaryl/α,β-unsaturated/α-hetero) is 1. The number of ether oxygens (including phenoxy) is 6. The van der Waals surface area contributed by atoms with E-state index in [1.165, 1.54) is 0 Å². The Bertz CT molecular complexity index is 635. The number of carbonyl (C=O) groups is 2. The smallest absolute Gasteiger partial charge is 0.379 e. The summed E-state index contributed by atoms with van der Waals surface area (Å²) in [6, 6.07) is 8.28. The Morgan fingerprint density at radius 2 is 1.00 bits per heavy atom. The highest BCUT2D eigenvalue weighted by molar-refractivity contribution is 6.69. The second kappa shape index (κ2) is 18.7. The molecule has 1 aromatic carbocycles. The fourth-order valence-electron chi connectivity index (χ4n) is 2.35. The maximum absolute atomic E-state index is 11.8. The van der Waals surface area contributed by atoms with Crippen molar-refractivity contribution >= 4 is 20.1 Å². The van der Waals surface area contributed by atoms with Gasteiger partial charge in [0.25, 0.3) is 5.78 Å². The molecule has 0 unspecified atom stereocenters. The minimum Gasteiger partial charge on any atom is -0.457 e. The fourth-order valence-corrected chi connectivity index (χ4v) is 3.05. The Balaban J connectivity index is 1.78. The molecule has 1 rings (SSSR count). The fraction of sp³-hybridized carbons (Fsp3) is 0.652. The molecular formula is C23H38O9Si. The Labute approximate surface area is 197 Å². The summed E-state index contributed by atoms with van der Waals surface area (Å²) < 4.78 is 37.5. The molecular weight excluding hydrogens is 448 g/mol. The summed E-state index contributed by atoms with van der Waals surface area (Å²) >= 11 is 0. The number of benzene rings is 1. The van der Waals surface area contributed by atoms with Gasteiger partial charge in [0, 0.05) is 5.56 Å². The molecule has 0 heterocycles. The van der Waals surface area contributed by atoms with Crippen molar-refractivity contribution in [2.45, 2.75) is 19.6 Å². The molecule has 0 aromatic heterocycles. The maximum atomic E-state index is 11.8. The van der Waals surface area contributed by atoms with Crippen LogP contribution < -0.4 is 0 Å². The van der Waals surface area contributed by atoms with E-state index < -0.39 is 20.1 Å². The monoisotopic (exact) mass is 486 g/mol. The first-order valence-electron chi connectivity index (χ1n) is 11.2. The summed E-state index contributed by atoms with van der Waals surface area (Å²) in [6.07, 6.45) is 0. The molecule has 10 heteroatoms. The van der Waals surface area contributed by atoms with Gasteiger partial charge in [0.05, 0.1) is 72.7 Å². The third-order valence-electron chi connectivity index (χ3n) is 3.93. The largest absolute Gasteiger partial charge is 0.457 e. The van der Waals surface area contributed by atoms with Gasteiger partial charge in [-0.15, -0.1) is 0 Å². The molecule has 0 bridgehead atoms. The molecule has 188 valence electrons. The maximum Gasteiger partial charge on any atom is 0.379 e. The summed E-state index contributed by atoms with van der Waals surface area (Å²) in [4.78, 5) is 23.5. The van der Waals surface area contributed by atoms with Crippen LogP contribution in [0.3, 0.4) is 0 Å². The van der Waals surface area contributed by atoms with Gasteiger partial charge >= 0.3 is 5.97 Å². The molecule has 0 radical (unpaired) electrons. The van der Waals surface area contributed by atoms with Crippen molar-refractivity contribution in [3.8, 4) is 0 Å². The molecule has 0 fully saturated rings. The van der Waals surface area contributed by atoms with Crippen molar-refractivity contribution in [1.29, 1.82) is 0 Å². The van der Waals surface area contributed by atoms with Gasteiger partial charge in [0.2, 0.25) is 0 Å². The van der Waals surface area contributed by atoms with Crippen LogP contribution in [0.4, 0.5) is 0 Å². The summed E-state index contributed by atoms with van der Waals surface area (Å²) in [7, 11) is -1.46. The van der Waals surface area contributed by atoms with Gasteiger partial charge in [-0.1, -0.05) is 30.3 Å². The predicted molar refractivity (Wildman–Crippen MR) is 125 cm³/mol. The van der Waals surface area contributed by atoms with Crippen molar-refractivity contribution in [1.82, 2.24) is 0 Å². The molecule has 0 saturated heterocycles. The Hall–Kier alpha value is -1.66. The SMILES string of the molecule is C[Si](C)(C)OCCOCCOCCOCCOCCOCCOC(=O)C(=O)c1ccccc1. The minimum absolute atomic E-state index is 0.0117. The average Bonchev–Trinajstić information content (AvgIpc) is 2.79. The minimum atomic E-state index is -1.46. The first kappa shape index (κ1) is 29.4. The molecule has 0 aliphatic heterocycles. The van der Waals surface area contributed by atoms with Crippen molar-refractivity contribution in [2.24, 2.45) is 0 Å². The quantitative estimate of drug-likeness (QED) is 0.0852. The highest BCUT2D eigenvalue weighted by Gasteiger charge is 2.17. The molecule has 0 saturated carbocycles. The van der Waals surface area contributed by atoms with Crippen molar-refractivity contribution in [3.05, 3.63) is 35.9 Å². The normalized spacial score (nSPS) is 11.5. The number of esters is 1. The van der Waals surface area contributed by atoms with E-state index in [-0.39, 0.29) is 13.2 Å². The highest BCUT2D eigenvalue weighted by atomic mass is 28.4. The zero-order valence-electron chi connectivity index (χ0n) is 20.0. The van der Waals surface area contributed by atoms with Gasteiger partial charge < -0.3 is 32.8 Å². The average molecular weight is 487 g/mol. The predicted octanol–water partition coefficient (Wildman–Crippen LogP) is 2.35. The van der Waals surface area contributed by atoms with E-state index in [0.717, 1.165) is 0 Å². The molecule has 0 amide bonds. The molecule has 9 nitrogen and oxygen atoms in total. The van der Waals surface area contributed by atoms with Gasteiger partial charge in [-0.05, 0) is 19.6 Å². The summed E-state index contributed by atoms with van der Waals surface area (Å²) in [5.74, 6) is -1.55. The van der Waals surface area contributed by atoms with Crippen LogP contribution in [0.15, 0.2) is 30.3 Å². The van der Waals surface area contributed by atoms with E-state index in [1.807, 2.05) is 0 Å². The Morgan fingerprint density at radius 3 is 1.42 bits per heavy atom. The van der Waals surface area contributed by atoms with Crippen molar-refractivity contribution in [2.75, 3.05) is 79.3 Å². The molecule has 0 N–H and O–H groups in total. The van der Waals surface area contributed by atoms with Gasteiger partial charge in [0.1, 0.15) is 6.61 Å². The molecule has 1 aromatic rings. The third-order valence-corrected chi connectivity index (χ3v) is 5.00. The van der Waals surface area contributed by atoms with Gasteiger partial charge in [-0.2, -0.15) is 0 Å². The van der Waals surface area contributed by atoms with E-state index in [0.29, 0.717) is 71.6 Å². The molecule has 0 aliphatic carbocycles. The Morgan fingerprint density at radius 1 is 0.606 bits per heavy atom. The van der Waals surface area contributed by atoms with Gasteiger partial charge in [-0.25, -0.2) is 4.79 Å². The lowest BCUT2D eigenvalue weighted by Crippen LogP contribution is -2.27. The van der Waals surface area contributed by atoms with Crippen molar-refractivity contribution < 1.29 is 42.4 Å². The molecule has 33 heavy (non-hydrogen) atoms. The van der Waals surface area contributed by atoms with E-state index in [2.05, 4.69) is 19.6 Å². The van der Waals surface area contributed by atoms with E-state index in [4.69, 9.17) is 32.8 Å². The zero-order valence-corrected chi connectivity index (χ0v) is 21.0. The highest BCUT2D eigenvalue weighted by Crippen LogP contribution is 2.02. The van der Waals surface area contributed by atoms with E-state index in [9.17, 15) is 9.59 Å². The molecule has 0 aliphatic rings. The lowest BCUT2D eigenvalue weighted by Gasteiger charge is -2.16. The summed E-state index contributed by atoms with van der Waals surface area (Å²) in [6.45, 7) is 11.6. The topological polar surface area (TPSA) is 98.8 Å². The van der Waals surface area contributed by atoms with E-state index in [1.54, 1.807) is 30.3 Å². The number of ketones is 1. The number of hydrogen-bond acceptors (Lipinski definition) is 9. The van der Waals surface area contributed by atoms with Gasteiger partial charge in [0.15, 0.2) is 8.32 Å². The summed E-state index contributed by atoms with van der Waals surface area (Å²) in [5.41, 5.74) is 0.304. The van der Waals surface area contributed by atoms with Crippen LogP contribution in [0.25, 0.3) is 0 Å². The van der Waals surface area contributed by atoms with Crippen LogP contribution in [0.5, 0.6) is 0 Å². The zero-order chi connectivity index (χ0) is 24.2. The van der Waals surface area contributed by atoms with E-state index >= 15 is 0 Å². The Kier molecular flexibility index (Phi) is 16.7. The lowest BCUT2D eigenvalue weighted by molar-refractivity contribution is -0.139. The summed E-state index contributed by atoms with van der Waals surface area (Å²) in [5, 5.41) is 0. The second-order valence-electron chi connectivity index (χ2n) is 7.85. The standard InChI is InChI=1S/C23H38O9Si/c1-33(2,3)32-20-18-30-16-14-28-12-10-26-9-11-27-13-15-29-17-19-31-23(25)22(24)21-7-5-4-6-8-21/h4-8H,9-20H2,1-3H3. The van der Waals surface area contributed by atoms with Crippen LogP contribution in [-0.4, -0.2) is 99.4 Å². The van der Waals surface area contributed by atoms with Crippen LogP contribution in [0.1, 0.15) is 10.4 Å². The number of hydrogen-bond donors (Lipinski definition) is 0. The lowest BCUT2D eigenvalue weighted by atomic mass is 10.1. The molecule has 0 spiro atoms. The van der Waals surface area contributed by atoms with Crippen LogP contribution >= 0.6 is 0 Å². The van der Waals surface area contributed by atoms with Gasteiger partial charge in [-0.3, -0.25) is 4.79 Å². The van der Waals surface area contributed by atoms with Crippen LogP contribution in [-0.2, 0) is 37.6 Å². The number of rotatable bonds is 21. The van der Waals surface area contributed by atoms with Crippen molar-refractivity contribution in [3.63, 3.8) is 0 Å². The van der Waals surface area contributed by atoms with Crippen LogP contribution in [0.2, 0.25) is 19.6 Å². The third kappa shape index (κ3) is 17.5. The molecule has 0 atom stereocenters. The number of carbonyl (C=O) groups excluding carboxylic acids is 2. The second-order valence-corrected chi connectivity index (χ2v) is 12.4.